The fourth-order valence-electron chi connectivity index (χ4n) is 1.55. The lowest BCUT2D eigenvalue weighted by atomic mass is 9.79. The van der Waals surface area contributed by atoms with Crippen molar-refractivity contribution in [2.24, 2.45) is 0 Å². The maximum atomic E-state index is 12.0. The Morgan fingerprint density at radius 2 is 2.05 bits per heavy atom. The SMILES string of the molecule is [2H]c1nc(C(=O)OC([2H])([2H])[2H])c([2H])c(B2OC(C)(C)C(C)(C)O2)c1[2H]. The Morgan fingerprint density at radius 1 is 1.42 bits per heavy atom. The van der Waals surface area contributed by atoms with Gasteiger partial charge in [0.2, 0.25) is 0 Å². The summed E-state index contributed by atoms with van der Waals surface area (Å²) in [5.74, 6) is -1.38. The largest absolute Gasteiger partial charge is 0.494 e. The number of carbonyl (C=O) groups is 1. The van der Waals surface area contributed by atoms with Crippen LogP contribution in [0.4, 0.5) is 0 Å². The summed E-state index contributed by atoms with van der Waals surface area (Å²) in [6.07, 6.45) is -0.613. The van der Waals surface area contributed by atoms with Crippen molar-refractivity contribution in [2.45, 2.75) is 38.9 Å². The van der Waals surface area contributed by atoms with E-state index in [0.717, 1.165) is 0 Å². The molecule has 0 N–H and O–H groups in total. The average Bonchev–Trinajstić information content (AvgIpc) is 2.60. The van der Waals surface area contributed by atoms with Crippen molar-refractivity contribution in [1.82, 2.24) is 4.98 Å². The molecule has 0 saturated carbocycles. The predicted octanol–water partition coefficient (Wildman–Crippen LogP) is 1.17. The van der Waals surface area contributed by atoms with E-state index in [1.165, 1.54) is 0 Å². The highest BCUT2D eigenvalue weighted by Crippen LogP contribution is 2.36. The molecule has 1 aromatic rings. The van der Waals surface area contributed by atoms with E-state index in [0.29, 0.717) is 0 Å². The van der Waals surface area contributed by atoms with E-state index < -0.39 is 55.3 Å². The number of methoxy groups -OCH3 is 1. The van der Waals surface area contributed by atoms with Crippen LogP contribution in [0.3, 0.4) is 0 Å². The molecule has 0 spiro atoms. The van der Waals surface area contributed by atoms with Crippen LogP contribution < -0.4 is 5.46 Å². The van der Waals surface area contributed by atoms with Crippen LogP contribution in [-0.4, -0.2) is 36.3 Å². The van der Waals surface area contributed by atoms with Gasteiger partial charge in [0.15, 0.2) is 0 Å². The van der Waals surface area contributed by atoms with Crippen LogP contribution in [0.5, 0.6) is 0 Å². The minimum atomic E-state index is -3.02. The number of ether oxygens (including phenoxy) is 1. The van der Waals surface area contributed by atoms with Crippen molar-refractivity contribution in [1.29, 1.82) is 0 Å². The maximum Gasteiger partial charge on any atom is 0.494 e. The molecule has 2 rings (SSSR count). The first-order valence-corrected chi connectivity index (χ1v) is 5.73. The lowest BCUT2D eigenvalue weighted by Gasteiger charge is -2.32. The molecule has 0 aromatic carbocycles. The molecule has 6 heteroatoms. The van der Waals surface area contributed by atoms with Gasteiger partial charge in [0.25, 0.3) is 0 Å². The van der Waals surface area contributed by atoms with E-state index in [-0.39, 0.29) is 5.46 Å². The Kier molecular flexibility index (Phi) is 1.95. The van der Waals surface area contributed by atoms with Crippen LogP contribution in [0, 0.1) is 0 Å². The zero-order chi connectivity index (χ0) is 19.4. The Labute approximate surface area is 121 Å². The van der Waals surface area contributed by atoms with Crippen LogP contribution >= 0.6 is 0 Å². The van der Waals surface area contributed by atoms with E-state index in [1.807, 2.05) is 0 Å². The average molecular weight is 269 g/mol. The summed E-state index contributed by atoms with van der Waals surface area (Å²) in [4.78, 5) is 15.5. The summed E-state index contributed by atoms with van der Waals surface area (Å²) >= 11 is 0. The molecule has 0 atom stereocenters. The van der Waals surface area contributed by atoms with Gasteiger partial charge in [0.1, 0.15) is 5.69 Å². The fraction of sp³-hybridized carbons (Fsp3) is 0.538. The topological polar surface area (TPSA) is 57.7 Å². The summed E-state index contributed by atoms with van der Waals surface area (Å²) in [7, 11) is -4.19. The molecular weight excluding hydrogens is 245 g/mol. The van der Waals surface area contributed by atoms with Gasteiger partial charge in [-0.05, 0) is 45.2 Å². The molecule has 0 unspecified atom stereocenters. The van der Waals surface area contributed by atoms with Crippen LogP contribution in [0.15, 0.2) is 18.3 Å². The molecule has 1 aromatic heterocycles. The van der Waals surface area contributed by atoms with Crippen molar-refractivity contribution in [3.8, 4) is 0 Å². The molecule has 1 aliphatic rings. The van der Waals surface area contributed by atoms with Crippen LogP contribution in [0.1, 0.15) is 46.4 Å². The van der Waals surface area contributed by atoms with Gasteiger partial charge in [0, 0.05) is 6.17 Å². The molecule has 1 fully saturated rings. The Bertz CT molecular complexity index is 705. The van der Waals surface area contributed by atoms with Crippen molar-refractivity contribution in [2.75, 3.05) is 7.04 Å². The van der Waals surface area contributed by atoms with Crippen molar-refractivity contribution in [3.63, 3.8) is 0 Å². The van der Waals surface area contributed by atoms with Gasteiger partial charge in [-0.1, -0.05) is 0 Å². The highest BCUT2D eigenvalue weighted by atomic mass is 16.7. The molecule has 0 aliphatic carbocycles. The van der Waals surface area contributed by atoms with E-state index in [1.54, 1.807) is 27.7 Å². The molecule has 0 bridgehead atoms. The Balaban J connectivity index is 2.52. The minimum absolute atomic E-state index is 0.170. The second-order valence-electron chi connectivity index (χ2n) is 5.21. The first kappa shape index (κ1) is 8.02. The van der Waals surface area contributed by atoms with Gasteiger partial charge in [0.05, 0.1) is 26.5 Å². The number of pyridine rings is 1. The zero-order valence-corrected chi connectivity index (χ0v) is 11.2. The van der Waals surface area contributed by atoms with Crippen molar-refractivity contribution >= 4 is 18.6 Å². The van der Waals surface area contributed by atoms with Gasteiger partial charge < -0.3 is 14.0 Å². The van der Waals surface area contributed by atoms with Crippen molar-refractivity contribution in [3.05, 3.63) is 24.0 Å². The molecular formula is C13H18BNO4. The number of hydrogen-bond acceptors (Lipinski definition) is 5. The second-order valence-corrected chi connectivity index (χ2v) is 5.21. The van der Waals surface area contributed by atoms with Gasteiger partial charge in [-0.3, -0.25) is 0 Å². The first-order chi connectivity index (χ1) is 11.2. The molecule has 5 nitrogen and oxygen atoms in total. The number of aromatic nitrogens is 1. The van der Waals surface area contributed by atoms with Crippen LogP contribution in [0.2, 0.25) is 0 Å². The van der Waals surface area contributed by atoms with Gasteiger partial charge in [-0.25, -0.2) is 9.78 Å². The van der Waals surface area contributed by atoms with E-state index in [9.17, 15) is 4.79 Å². The number of carbonyl (C=O) groups excluding carboxylic acids is 1. The normalized spacial score (nSPS) is 25.6. The van der Waals surface area contributed by atoms with Gasteiger partial charge in [-0.15, -0.1) is 0 Å². The van der Waals surface area contributed by atoms with Gasteiger partial charge >= 0.3 is 13.1 Å². The fourth-order valence-corrected chi connectivity index (χ4v) is 1.55. The minimum Gasteiger partial charge on any atom is -0.464 e. The smallest absolute Gasteiger partial charge is 0.464 e. The zero-order valence-electron chi connectivity index (χ0n) is 17.2. The molecule has 102 valence electrons. The molecule has 1 saturated heterocycles. The Hall–Kier alpha value is -1.40. The highest BCUT2D eigenvalue weighted by molar-refractivity contribution is 6.62. The van der Waals surface area contributed by atoms with Crippen LogP contribution in [-0.2, 0) is 14.0 Å². The number of rotatable bonds is 2. The van der Waals surface area contributed by atoms with Gasteiger partial charge in [-0.2, -0.15) is 0 Å². The van der Waals surface area contributed by atoms with Crippen molar-refractivity contribution < 1.29 is 27.1 Å². The number of nitrogens with zero attached hydrogens (tertiary/aromatic N) is 1. The molecule has 1 aliphatic heterocycles. The Morgan fingerprint density at radius 3 is 2.63 bits per heavy atom. The highest BCUT2D eigenvalue weighted by Gasteiger charge is 2.51. The molecule has 2 heterocycles. The van der Waals surface area contributed by atoms with E-state index in [4.69, 9.17) is 17.5 Å². The summed E-state index contributed by atoms with van der Waals surface area (Å²) in [6, 6.07) is -0.998. The monoisotopic (exact) mass is 269 g/mol. The standard InChI is InChI=1S/C13H18BNO4/c1-12(2)13(3,4)19-14(18-12)9-6-7-15-10(8-9)11(16)17-5/h6-8H,1-5H3/i5D3,6D,7D,8D. The third-order valence-electron chi connectivity index (χ3n) is 3.39. The molecule has 19 heavy (non-hydrogen) atoms. The first-order valence-electron chi connectivity index (χ1n) is 8.73. The second kappa shape index (κ2) is 4.61. The maximum absolute atomic E-state index is 12.0. The van der Waals surface area contributed by atoms with Crippen LogP contribution in [0.25, 0.3) is 0 Å². The molecule has 0 radical (unpaired) electrons. The lowest BCUT2D eigenvalue weighted by Crippen LogP contribution is -2.41. The predicted molar refractivity (Wildman–Crippen MR) is 71.3 cm³/mol. The van der Waals surface area contributed by atoms with E-state index >= 15 is 0 Å². The third kappa shape index (κ3) is 2.50. The van der Waals surface area contributed by atoms with E-state index in [2.05, 4.69) is 9.72 Å². The summed E-state index contributed by atoms with van der Waals surface area (Å²) in [5, 5.41) is 0. The summed E-state index contributed by atoms with van der Waals surface area (Å²) in [5.41, 5.74) is -2.37. The summed E-state index contributed by atoms with van der Waals surface area (Å²) < 4.78 is 60.6. The quantitative estimate of drug-likeness (QED) is 0.595. The number of hydrogen-bond donors (Lipinski definition) is 0. The number of esters is 1. The molecule has 0 amide bonds. The third-order valence-corrected chi connectivity index (χ3v) is 3.39. The summed E-state index contributed by atoms with van der Waals surface area (Å²) in [6.45, 7) is 7.08. The lowest BCUT2D eigenvalue weighted by molar-refractivity contribution is 0.00578.